The molecule has 0 aliphatic heterocycles. The molecule has 1 aromatic heterocycles. The molecular weight excluding hydrogens is 150 g/mol. The van der Waals surface area contributed by atoms with Crippen molar-refractivity contribution in [3.63, 3.8) is 0 Å². The lowest BCUT2D eigenvalue weighted by Crippen LogP contribution is -2.25. The molecule has 1 heterocycles. The van der Waals surface area contributed by atoms with Gasteiger partial charge in [-0.1, -0.05) is 0 Å². The van der Waals surface area contributed by atoms with Gasteiger partial charge in [0.05, 0.1) is 6.20 Å². The minimum absolute atomic E-state index is 0.385. The molecule has 0 aromatic carbocycles. The predicted molar refractivity (Wildman–Crippen MR) is 32.2 cm³/mol. The van der Waals surface area contributed by atoms with Crippen molar-refractivity contribution in [1.29, 1.82) is 5.41 Å². The minimum atomic E-state index is -1.33. The van der Waals surface area contributed by atoms with E-state index in [1.165, 1.54) is 0 Å². The molecule has 1 rings (SSSR count). The van der Waals surface area contributed by atoms with E-state index in [4.69, 9.17) is 15.7 Å². The van der Waals surface area contributed by atoms with Crippen LogP contribution in [0.5, 0.6) is 0 Å². The van der Waals surface area contributed by atoms with E-state index in [2.05, 4.69) is 4.98 Å². The van der Waals surface area contributed by atoms with Crippen molar-refractivity contribution < 1.29 is 15.1 Å². The van der Waals surface area contributed by atoms with Gasteiger partial charge in [0, 0.05) is 6.20 Å². The van der Waals surface area contributed by atoms with Crippen LogP contribution in [0.2, 0.25) is 0 Å². The standard InChI is InChI=1S/C5H5N3O3/c6-4-3(5(9)10)7-1-2-8(4)11/h1-2,6,11H,(H,9,10). The number of aromatic carboxylic acids is 1. The first-order valence-corrected chi connectivity index (χ1v) is 2.67. The molecule has 11 heavy (non-hydrogen) atoms. The molecule has 3 N–H and O–H groups in total. The molecule has 0 bridgehead atoms. The van der Waals surface area contributed by atoms with Crippen molar-refractivity contribution in [2.75, 3.05) is 0 Å². The second kappa shape index (κ2) is 2.41. The van der Waals surface area contributed by atoms with Crippen molar-refractivity contribution in [3.05, 3.63) is 23.6 Å². The van der Waals surface area contributed by atoms with E-state index in [9.17, 15) is 4.79 Å². The summed E-state index contributed by atoms with van der Waals surface area (Å²) < 4.78 is 0.385. The van der Waals surface area contributed by atoms with Gasteiger partial charge in [0.25, 0.3) is 0 Å². The molecule has 6 nitrogen and oxygen atoms in total. The Morgan fingerprint density at radius 3 is 2.82 bits per heavy atom. The molecule has 0 amide bonds. The summed E-state index contributed by atoms with van der Waals surface area (Å²) in [5.41, 5.74) is -1.02. The molecule has 0 spiro atoms. The molecule has 0 radical (unpaired) electrons. The average Bonchev–Trinajstić information content (AvgIpc) is 1.94. The van der Waals surface area contributed by atoms with Crippen LogP contribution >= 0.6 is 0 Å². The summed E-state index contributed by atoms with van der Waals surface area (Å²) in [6, 6.07) is 0. The number of carboxylic acid groups (broad SMARTS) is 1. The van der Waals surface area contributed by atoms with Crippen LogP contribution in [0, 0.1) is 5.41 Å². The third-order valence-corrected chi connectivity index (χ3v) is 1.07. The smallest absolute Gasteiger partial charge is 0.358 e. The number of hydrogen-bond donors (Lipinski definition) is 3. The summed E-state index contributed by atoms with van der Waals surface area (Å²) in [6.45, 7) is 0. The number of rotatable bonds is 1. The maximum absolute atomic E-state index is 10.3. The molecular formula is C5H5N3O3. The second-order valence-corrected chi connectivity index (χ2v) is 1.77. The van der Waals surface area contributed by atoms with Gasteiger partial charge in [-0.3, -0.25) is 5.41 Å². The van der Waals surface area contributed by atoms with Gasteiger partial charge in [-0.2, -0.15) is 4.73 Å². The largest absolute Gasteiger partial charge is 0.476 e. The molecule has 0 saturated carbocycles. The van der Waals surface area contributed by atoms with Gasteiger partial charge in [-0.15, -0.1) is 0 Å². The zero-order chi connectivity index (χ0) is 8.43. The molecule has 6 heteroatoms. The Balaban J connectivity index is 3.40. The van der Waals surface area contributed by atoms with Gasteiger partial charge >= 0.3 is 5.97 Å². The predicted octanol–water partition coefficient (Wildman–Crippen LogP) is -0.702. The highest BCUT2D eigenvalue weighted by Crippen LogP contribution is 1.82. The van der Waals surface area contributed by atoms with E-state index in [1.807, 2.05) is 0 Å². The van der Waals surface area contributed by atoms with Crippen molar-refractivity contribution >= 4 is 5.97 Å². The Labute approximate surface area is 60.8 Å². The lowest BCUT2D eigenvalue weighted by molar-refractivity contribution is 0.0678. The number of hydrogen-bond acceptors (Lipinski definition) is 4. The highest BCUT2D eigenvalue weighted by atomic mass is 16.5. The van der Waals surface area contributed by atoms with E-state index in [1.54, 1.807) is 0 Å². The van der Waals surface area contributed by atoms with Gasteiger partial charge < -0.3 is 10.3 Å². The quantitative estimate of drug-likeness (QED) is 0.467. The van der Waals surface area contributed by atoms with Gasteiger partial charge in [0.15, 0.2) is 11.2 Å². The highest BCUT2D eigenvalue weighted by molar-refractivity contribution is 5.84. The first kappa shape index (κ1) is 7.26. The number of carbonyl (C=O) groups is 1. The van der Waals surface area contributed by atoms with Gasteiger partial charge in [0.1, 0.15) is 0 Å². The van der Waals surface area contributed by atoms with E-state index in [0.717, 1.165) is 12.4 Å². The Morgan fingerprint density at radius 1 is 1.73 bits per heavy atom. The fraction of sp³-hybridized carbons (Fsp3) is 0. The third kappa shape index (κ3) is 1.18. The Morgan fingerprint density at radius 2 is 2.36 bits per heavy atom. The topological polar surface area (TPSA) is 99.2 Å². The van der Waals surface area contributed by atoms with Crippen LogP contribution in [-0.4, -0.2) is 26.0 Å². The third-order valence-electron chi connectivity index (χ3n) is 1.07. The molecule has 0 aliphatic carbocycles. The van der Waals surface area contributed by atoms with Crippen LogP contribution in [0.15, 0.2) is 12.4 Å². The van der Waals surface area contributed by atoms with Crippen LogP contribution < -0.4 is 5.49 Å². The van der Waals surface area contributed by atoms with Crippen LogP contribution in [0.25, 0.3) is 0 Å². The summed E-state index contributed by atoms with van der Waals surface area (Å²) in [7, 11) is 0. The number of nitrogens with one attached hydrogen (secondary N) is 1. The summed E-state index contributed by atoms with van der Waals surface area (Å²) in [5, 5.41) is 24.2. The molecule has 0 unspecified atom stereocenters. The zero-order valence-corrected chi connectivity index (χ0v) is 5.35. The highest BCUT2D eigenvalue weighted by Gasteiger charge is 2.07. The second-order valence-electron chi connectivity index (χ2n) is 1.77. The van der Waals surface area contributed by atoms with Crippen LogP contribution in [-0.2, 0) is 0 Å². The van der Waals surface area contributed by atoms with Crippen molar-refractivity contribution in [2.45, 2.75) is 0 Å². The van der Waals surface area contributed by atoms with Crippen LogP contribution in [0.1, 0.15) is 10.5 Å². The van der Waals surface area contributed by atoms with E-state index in [-0.39, 0.29) is 0 Å². The SMILES string of the molecule is N=c1c(C(=O)O)nccn1O. The summed E-state index contributed by atoms with van der Waals surface area (Å²) in [5.74, 6) is -1.33. The molecule has 0 aliphatic rings. The first-order valence-electron chi connectivity index (χ1n) is 2.67. The van der Waals surface area contributed by atoms with Crippen LogP contribution in [0.3, 0.4) is 0 Å². The molecule has 0 atom stereocenters. The van der Waals surface area contributed by atoms with Gasteiger partial charge in [0.2, 0.25) is 0 Å². The van der Waals surface area contributed by atoms with Crippen LogP contribution in [0.4, 0.5) is 0 Å². The van der Waals surface area contributed by atoms with Gasteiger partial charge in [-0.25, -0.2) is 9.78 Å². The fourth-order valence-corrected chi connectivity index (χ4v) is 0.572. The monoisotopic (exact) mass is 155 g/mol. The molecule has 0 fully saturated rings. The Bertz CT molecular complexity index is 343. The number of aromatic nitrogens is 2. The summed E-state index contributed by atoms with van der Waals surface area (Å²) in [4.78, 5) is 13.6. The van der Waals surface area contributed by atoms with Crippen molar-refractivity contribution in [2.24, 2.45) is 0 Å². The van der Waals surface area contributed by atoms with Gasteiger partial charge in [-0.05, 0) is 0 Å². The van der Waals surface area contributed by atoms with E-state index >= 15 is 0 Å². The maximum Gasteiger partial charge on any atom is 0.358 e. The van der Waals surface area contributed by atoms with Crippen molar-refractivity contribution in [3.8, 4) is 0 Å². The van der Waals surface area contributed by atoms with E-state index < -0.39 is 17.2 Å². The van der Waals surface area contributed by atoms with Crippen molar-refractivity contribution in [1.82, 2.24) is 9.71 Å². The maximum atomic E-state index is 10.3. The number of carboxylic acids is 1. The first-order chi connectivity index (χ1) is 5.13. The minimum Gasteiger partial charge on any atom is -0.476 e. The van der Waals surface area contributed by atoms with E-state index in [0.29, 0.717) is 4.73 Å². The lowest BCUT2D eigenvalue weighted by Gasteiger charge is -1.96. The average molecular weight is 155 g/mol. The molecule has 58 valence electrons. The number of nitrogens with zero attached hydrogens (tertiary/aromatic N) is 2. The fourth-order valence-electron chi connectivity index (χ4n) is 0.572. The Kier molecular flexibility index (Phi) is 1.59. The summed E-state index contributed by atoms with van der Waals surface area (Å²) in [6.07, 6.45) is 2.18. The Hall–Kier alpha value is -1.85. The normalized spacial score (nSPS) is 9.45. The molecule has 1 aromatic rings. The molecule has 0 saturated heterocycles. The zero-order valence-electron chi connectivity index (χ0n) is 5.35. The lowest BCUT2D eigenvalue weighted by atomic mass is 10.4. The summed E-state index contributed by atoms with van der Waals surface area (Å²) >= 11 is 0.